The van der Waals surface area contributed by atoms with E-state index in [1.54, 1.807) is 7.05 Å². The Morgan fingerprint density at radius 1 is 1.28 bits per heavy atom. The van der Waals surface area contributed by atoms with E-state index in [0.29, 0.717) is 17.9 Å². The van der Waals surface area contributed by atoms with Crippen LogP contribution in [0.3, 0.4) is 0 Å². The summed E-state index contributed by atoms with van der Waals surface area (Å²) in [4.78, 5) is 38.1. The second-order valence-corrected chi connectivity index (χ2v) is 6.19. The summed E-state index contributed by atoms with van der Waals surface area (Å²) >= 11 is 0. The van der Waals surface area contributed by atoms with Gasteiger partial charge < -0.3 is 19.7 Å². The topological polar surface area (TPSA) is 88.2 Å². The second-order valence-electron chi connectivity index (χ2n) is 6.19. The van der Waals surface area contributed by atoms with Gasteiger partial charge in [0.2, 0.25) is 18.6 Å². The van der Waals surface area contributed by atoms with Crippen LogP contribution in [0.5, 0.6) is 11.5 Å². The van der Waals surface area contributed by atoms with Crippen LogP contribution in [0.15, 0.2) is 18.2 Å². The molecule has 25 heavy (non-hydrogen) atoms. The zero-order chi connectivity index (χ0) is 18.0. The van der Waals surface area contributed by atoms with Crippen molar-refractivity contribution in [2.24, 2.45) is 0 Å². The first-order chi connectivity index (χ1) is 12.0. The lowest BCUT2D eigenvalue weighted by Crippen LogP contribution is -2.33. The maximum atomic E-state index is 12.1. The lowest BCUT2D eigenvalue weighted by Gasteiger charge is -2.16. The number of carbonyl (C=O) groups is 3. The quantitative estimate of drug-likeness (QED) is 0.783. The fourth-order valence-electron chi connectivity index (χ4n) is 2.87. The highest BCUT2D eigenvalue weighted by molar-refractivity contribution is 6.01. The number of urea groups is 1. The molecule has 2 aliphatic heterocycles. The smallest absolute Gasteiger partial charge is 0.326 e. The number of amides is 4. The van der Waals surface area contributed by atoms with Crippen LogP contribution in [0, 0.1) is 0 Å². The monoisotopic (exact) mass is 347 g/mol. The molecular weight excluding hydrogens is 326 g/mol. The van der Waals surface area contributed by atoms with Gasteiger partial charge in [0, 0.05) is 20.0 Å². The molecule has 1 N–H and O–H groups in total. The number of carbonyl (C=O) groups excluding carboxylic acids is 3. The fraction of sp³-hybridized carbons (Fsp3) is 0.471. The Morgan fingerprint density at radius 2 is 2.04 bits per heavy atom. The number of benzene rings is 1. The van der Waals surface area contributed by atoms with E-state index in [-0.39, 0.29) is 50.2 Å². The summed E-state index contributed by atoms with van der Waals surface area (Å²) in [5, 5.41) is 2.91. The molecule has 0 bridgehead atoms. The summed E-state index contributed by atoms with van der Waals surface area (Å²) < 4.78 is 10.6. The number of likely N-dealkylation sites (N-methyl/N-ethyl adjacent to an activating group) is 1. The van der Waals surface area contributed by atoms with Gasteiger partial charge in [-0.2, -0.15) is 0 Å². The third-order valence-corrected chi connectivity index (χ3v) is 4.29. The molecule has 8 heteroatoms. The van der Waals surface area contributed by atoms with E-state index >= 15 is 0 Å². The van der Waals surface area contributed by atoms with Crippen molar-refractivity contribution in [2.45, 2.75) is 25.8 Å². The lowest BCUT2D eigenvalue weighted by molar-refractivity contribution is -0.126. The summed E-state index contributed by atoms with van der Waals surface area (Å²) in [6.07, 6.45) is 0.681. The molecule has 134 valence electrons. The highest BCUT2D eigenvalue weighted by atomic mass is 16.7. The molecule has 0 spiro atoms. The van der Waals surface area contributed by atoms with Crippen molar-refractivity contribution in [3.05, 3.63) is 23.8 Å². The molecule has 0 saturated carbocycles. The first-order valence-electron chi connectivity index (χ1n) is 8.20. The molecule has 1 fully saturated rings. The number of nitrogens with zero attached hydrogens (tertiary/aromatic N) is 2. The molecule has 4 amide bonds. The maximum absolute atomic E-state index is 12.1. The molecule has 0 aliphatic carbocycles. The first-order valence-corrected chi connectivity index (χ1v) is 8.20. The summed E-state index contributed by atoms with van der Waals surface area (Å²) in [5.41, 5.74) is 0.920. The summed E-state index contributed by atoms with van der Waals surface area (Å²) in [5.74, 6) is 1.03. The molecule has 1 aromatic rings. The molecule has 2 aliphatic rings. The van der Waals surface area contributed by atoms with Crippen LogP contribution in [0.2, 0.25) is 0 Å². The second kappa shape index (κ2) is 7.00. The third kappa shape index (κ3) is 3.67. The molecule has 0 radical (unpaired) electrons. The van der Waals surface area contributed by atoms with Gasteiger partial charge in [0.25, 0.3) is 0 Å². The van der Waals surface area contributed by atoms with Crippen LogP contribution in [-0.4, -0.2) is 54.6 Å². The highest BCUT2D eigenvalue weighted by Crippen LogP contribution is 2.34. The van der Waals surface area contributed by atoms with Gasteiger partial charge in [-0.05, 0) is 31.0 Å². The minimum absolute atomic E-state index is 0.103. The standard InChI is InChI=1S/C17H21N3O5/c1-11(12-5-6-13-14(8-12)25-10-24-13)18-15(21)4-3-7-20-16(22)9-19(2)17(20)23/h5-6,8,11H,3-4,7,9-10H2,1-2H3,(H,18,21). The molecule has 1 saturated heterocycles. The average Bonchev–Trinajstić information content (AvgIpc) is 3.13. The Balaban J connectivity index is 1.46. The molecule has 1 unspecified atom stereocenters. The number of ether oxygens (including phenoxy) is 2. The van der Waals surface area contributed by atoms with E-state index < -0.39 is 0 Å². The molecule has 1 aromatic carbocycles. The number of rotatable bonds is 6. The predicted molar refractivity (Wildman–Crippen MR) is 88.1 cm³/mol. The van der Waals surface area contributed by atoms with Crippen molar-refractivity contribution < 1.29 is 23.9 Å². The van der Waals surface area contributed by atoms with Crippen LogP contribution in [0.1, 0.15) is 31.4 Å². The summed E-state index contributed by atoms with van der Waals surface area (Å²) in [6, 6.07) is 5.07. The van der Waals surface area contributed by atoms with E-state index in [4.69, 9.17) is 9.47 Å². The minimum atomic E-state index is -0.306. The van der Waals surface area contributed by atoms with Gasteiger partial charge in [-0.25, -0.2) is 4.79 Å². The van der Waals surface area contributed by atoms with Gasteiger partial charge in [-0.3, -0.25) is 14.5 Å². The molecule has 3 rings (SSSR count). The SMILES string of the molecule is CC(NC(=O)CCCN1C(=O)CN(C)C1=O)c1ccc2c(c1)OCO2. The highest BCUT2D eigenvalue weighted by Gasteiger charge is 2.32. The molecular formula is C17H21N3O5. The first kappa shape index (κ1) is 17.1. The van der Waals surface area contributed by atoms with E-state index in [2.05, 4.69) is 5.32 Å². The van der Waals surface area contributed by atoms with E-state index in [1.807, 2.05) is 25.1 Å². The van der Waals surface area contributed by atoms with Crippen molar-refractivity contribution >= 4 is 17.8 Å². The number of hydrogen-bond donors (Lipinski definition) is 1. The molecule has 8 nitrogen and oxygen atoms in total. The number of nitrogens with one attached hydrogen (secondary N) is 1. The molecule has 1 atom stereocenters. The Labute approximate surface area is 145 Å². The van der Waals surface area contributed by atoms with Crippen LogP contribution < -0.4 is 14.8 Å². The summed E-state index contributed by atoms with van der Waals surface area (Å²) in [6.45, 7) is 2.46. The van der Waals surface area contributed by atoms with E-state index in [1.165, 1.54) is 9.80 Å². The number of imide groups is 1. The van der Waals surface area contributed by atoms with Gasteiger partial charge in [0.1, 0.15) is 6.54 Å². The number of fused-ring (bicyclic) bond motifs is 1. The van der Waals surface area contributed by atoms with Crippen LogP contribution in [-0.2, 0) is 9.59 Å². The normalized spacial score (nSPS) is 17.2. The van der Waals surface area contributed by atoms with Gasteiger partial charge in [0.05, 0.1) is 6.04 Å². The van der Waals surface area contributed by atoms with Crippen molar-refractivity contribution in [3.63, 3.8) is 0 Å². The Kier molecular flexibility index (Phi) is 4.78. The van der Waals surface area contributed by atoms with Gasteiger partial charge >= 0.3 is 6.03 Å². The van der Waals surface area contributed by atoms with Gasteiger partial charge in [-0.1, -0.05) is 6.07 Å². The van der Waals surface area contributed by atoms with Crippen molar-refractivity contribution in [1.82, 2.24) is 15.1 Å². The Morgan fingerprint density at radius 3 is 2.76 bits per heavy atom. The van der Waals surface area contributed by atoms with Crippen molar-refractivity contribution in [3.8, 4) is 11.5 Å². The largest absolute Gasteiger partial charge is 0.454 e. The van der Waals surface area contributed by atoms with E-state index in [9.17, 15) is 14.4 Å². The third-order valence-electron chi connectivity index (χ3n) is 4.29. The van der Waals surface area contributed by atoms with Crippen molar-refractivity contribution in [2.75, 3.05) is 26.9 Å². The van der Waals surface area contributed by atoms with Crippen molar-refractivity contribution in [1.29, 1.82) is 0 Å². The molecule has 0 aromatic heterocycles. The average molecular weight is 347 g/mol. The molecule has 2 heterocycles. The Bertz CT molecular complexity index is 706. The van der Waals surface area contributed by atoms with E-state index in [0.717, 1.165) is 5.56 Å². The zero-order valence-electron chi connectivity index (χ0n) is 14.3. The van der Waals surface area contributed by atoms with Crippen LogP contribution in [0.25, 0.3) is 0 Å². The van der Waals surface area contributed by atoms with Crippen LogP contribution in [0.4, 0.5) is 4.79 Å². The maximum Gasteiger partial charge on any atom is 0.326 e. The summed E-state index contributed by atoms with van der Waals surface area (Å²) in [7, 11) is 1.58. The number of hydrogen-bond acceptors (Lipinski definition) is 5. The lowest BCUT2D eigenvalue weighted by atomic mass is 10.1. The predicted octanol–water partition coefficient (Wildman–Crippen LogP) is 1.27. The zero-order valence-corrected chi connectivity index (χ0v) is 14.3. The van der Waals surface area contributed by atoms with Crippen LogP contribution >= 0.6 is 0 Å². The minimum Gasteiger partial charge on any atom is -0.454 e. The Hall–Kier alpha value is -2.77. The fourth-order valence-corrected chi connectivity index (χ4v) is 2.87. The van der Waals surface area contributed by atoms with Gasteiger partial charge in [-0.15, -0.1) is 0 Å². The van der Waals surface area contributed by atoms with Gasteiger partial charge in [0.15, 0.2) is 11.5 Å².